The average molecular weight is 537 g/mol. The lowest BCUT2D eigenvalue weighted by Gasteiger charge is -2.33. The molecule has 9 nitrogen and oxygen atoms in total. The Labute approximate surface area is 222 Å². The quantitative estimate of drug-likeness (QED) is 0.410. The van der Waals surface area contributed by atoms with Crippen LogP contribution in [0.25, 0.3) is 22.3 Å². The number of nitrogens with zero attached hydrogens (tertiary/aromatic N) is 5. The van der Waals surface area contributed by atoms with Gasteiger partial charge in [-0.2, -0.15) is 0 Å². The normalized spacial score (nSPS) is 15.3. The summed E-state index contributed by atoms with van der Waals surface area (Å²) in [6.07, 6.45) is 3.05. The maximum absolute atomic E-state index is 13.7. The molecule has 6 rings (SSSR count). The number of hydrazine groups is 1. The van der Waals surface area contributed by atoms with Gasteiger partial charge in [0.25, 0.3) is 5.91 Å². The van der Waals surface area contributed by atoms with E-state index in [1.165, 1.54) is 6.33 Å². The van der Waals surface area contributed by atoms with E-state index in [0.717, 1.165) is 11.4 Å². The van der Waals surface area contributed by atoms with Crippen LogP contribution < -0.4 is 20.1 Å². The van der Waals surface area contributed by atoms with Crippen LogP contribution in [0.4, 0.5) is 11.4 Å². The lowest BCUT2D eigenvalue weighted by molar-refractivity contribution is 0.0943. The second-order valence-corrected chi connectivity index (χ2v) is 9.48. The number of rotatable bonds is 4. The summed E-state index contributed by atoms with van der Waals surface area (Å²) in [6, 6.07) is 12.8. The molecular weight excluding hydrogens is 515 g/mol. The van der Waals surface area contributed by atoms with Crippen molar-refractivity contribution in [1.29, 1.82) is 0 Å². The zero-order chi connectivity index (χ0) is 25.4. The molecule has 0 aliphatic carbocycles. The van der Waals surface area contributed by atoms with Crippen LogP contribution in [-0.4, -0.2) is 60.3 Å². The van der Waals surface area contributed by atoms with Gasteiger partial charge in [-0.15, -0.1) is 0 Å². The molecule has 4 aromatic rings. The van der Waals surface area contributed by atoms with Crippen molar-refractivity contribution < 1.29 is 14.3 Å². The fourth-order valence-corrected chi connectivity index (χ4v) is 5.16. The standard InChI is InChI=1S/C26H22Cl2N6O3/c27-17-11-16(12-18(28)13-17)22-23-24(31-15-30-22)25(33-5-8-36-9-6-33)19(14-29-23)26(35)32-34-7-10-37-21-4-2-1-3-20(21)34/h1-4,11-15H,5-10H2,(H,32,35). The van der Waals surface area contributed by atoms with Crippen molar-refractivity contribution >= 4 is 51.5 Å². The molecule has 2 aromatic carbocycles. The third-order valence-electron chi connectivity index (χ3n) is 6.30. The number of morpholine rings is 1. The zero-order valence-electron chi connectivity index (χ0n) is 19.7. The number of nitrogens with one attached hydrogen (secondary N) is 1. The van der Waals surface area contributed by atoms with Crippen molar-refractivity contribution in [2.45, 2.75) is 0 Å². The minimum absolute atomic E-state index is 0.293. The van der Waals surface area contributed by atoms with Crippen LogP contribution in [0, 0.1) is 0 Å². The van der Waals surface area contributed by atoms with Gasteiger partial charge in [0.05, 0.1) is 36.7 Å². The van der Waals surface area contributed by atoms with E-state index < -0.39 is 0 Å². The van der Waals surface area contributed by atoms with Gasteiger partial charge in [0, 0.05) is 34.9 Å². The molecule has 1 saturated heterocycles. The molecule has 4 heterocycles. The number of amides is 1. The molecule has 188 valence electrons. The highest BCUT2D eigenvalue weighted by molar-refractivity contribution is 6.35. The monoisotopic (exact) mass is 536 g/mol. The van der Waals surface area contributed by atoms with E-state index in [9.17, 15) is 4.79 Å². The number of hydrogen-bond donors (Lipinski definition) is 1. The van der Waals surface area contributed by atoms with E-state index in [1.54, 1.807) is 29.4 Å². The van der Waals surface area contributed by atoms with Crippen molar-refractivity contribution in [3.8, 4) is 17.0 Å². The summed E-state index contributed by atoms with van der Waals surface area (Å²) in [5.74, 6) is 0.426. The highest BCUT2D eigenvalue weighted by Crippen LogP contribution is 2.35. The van der Waals surface area contributed by atoms with Crippen LogP contribution >= 0.6 is 23.2 Å². The van der Waals surface area contributed by atoms with Crippen molar-refractivity contribution in [2.24, 2.45) is 0 Å². The third kappa shape index (κ3) is 4.61. The molecule has 0 atom stereocenters. The molecule has 1 fully saturated rings. The van der Waals surface area contributed by atoms with Crippen LogP contribution in [0.5, 0.6) is 5.75 Å². The van der Waals surface area contributed by atoms with Gasteiger partial charge in [0.1, 0.15) is 35.4 Å². The number of anilines is 2. The van der Waals surface area contributed by atoms with Gasteiger partial charge in [-0.25, -0.2) is 9.97 Å². The number of para-hydroxylation sites is 2. The smallest absolute Gasteiger partial charge is 0.273 e. The summed E-state index contributed by atoms with van der Waals surface area (Å²) in [5, 5.41) is 2.78. The van der Waals surface area contributed by atoms with Crippen LogP contribution in [0.3, 0.4) is 0 Å². The van der Waals surface area contributed by atoms with E-state index in [-0.39, 0.29) is 5.91 Å². The van der Waals surface area contributed by atoms with Gasteiger partial charge in [-0.05, 0) is 30.3 Å². The molecule has 0 saturated carbocycles. The SMILES string of the molecule is O=C(NN1CCOc2ccccc21)c1cnc2c(-c3cc(Cl)cc(Cl)c3)ncnc2c1N1CCOCC1. The topological polar surface area (TPSA) is 92.7 Å². The minimum Gasteiger partial charge on any atom is -0.489 e. The second kappa shape index (κ2) is 10.0. The van der Waals surface area contributed by atoms with Crippen molar-refractivity contribution in [2.75, 3.05) is 49.4 Å². The molecule has 0 radical (unpaired) electrons. The molecule has 0 spiro atoms. The third-order valence-corrected chi connectivity index (χ3v) is 6.73. The van der Waals surface area contributed by atoms with E-state index in [2.05, 4.69) is 25.3 Å². The minimum atomic E-state index is -0.293. The summed E-state index contributed by atoms with van der Waals surface area (Å²) in [7, 11) is 0. The van der Waals surface area contributed by atoms with E-state index in [0.29, 0.717) is 83.0 Å². The Balaban J connectivity index is 1.45. The van der Waals surface area contributed by atoms with Gasteiger partial charge in [0.2, 0.25) is 0 Å². The number of aromatic nitrogens is 3. The van der Waals surface area contributed by atoms with Crippen molar-refractivity contribution in [1.82, 2.24) is 20.4 Å². The fraction of sp³-hybridized carbons (Fsp3) is 0.231. The Kier molecular flexibility index (Phi) is 6.42. The summed E-state index contributed by atoms with van der Waals surface area (Å²) < 4.78 is 11.3. The summed E-state index contributed by atoms with van der Waals surface area (Å²) >= 11 is 12.5. The number of carbonyl (C=O) groups excluding carboxylic acids is 1. The number of carbonyl (C=O) groups is 1. The Morgan fingerprint density at radius 2 is 1.70 bits per heavy atom. The van der Waals surface area contributed by atoms with Gasteiger partial charge < -0.3 is 14.4 Å². The molecule has 2 aromatic heterocycles. The Morgan fingerprint density at radius 3 is 2.51 bits per heavy atom. The number of halogens is 2. The summed E-state index contributed by atoms with van der Waals surface area (Å²) in [4.78, 5) is 29.5. The predicted molar refractivity (Wildman–Crippen MR) is 143 cm³/mol. The van der Waals surface area contributed by atoms with Gasteiger partial charge >= 0.3 is 0 Å². The van der Waals surface area contributed by atoms with Gasteiger partial charge in [0.15, 0.2) is 0 Å². The largest absolute Gasteiger partial charge is 0.489 e. The predicted octanol–water partition coefficient (Wildman–Crippen LogP) is 4.38. The number of fused-ring (bicyclic) bond motifs is 2. The average Bonchev–Trinajstić information content (AvgIpc) is 2.92. The number of ether oxygens (including phenoxy) is 2. The maximum atomic E-state index is 13.7. The first-order chi connectivity index (χ1) is 18.1. The Morgan fingerprint density at radius 1 is 0.919 bits per heavy atom. The molecule has 11 heteroatoms. The van der Waals surface area contributed by atoms with Gasteiger partial charge in [-0.3, -0.25) is 20.2 Å². The zero-order valence-corrected chi connectivity index (χ0v) is 21.2. The highest BCUT2D eigenvalue weighted by atomic mass is 35.5. The molecule has 37 heavy (non-hydrogen) atoms. The van der Waals surface area contributed by atoms with Crippen molar-refractivity contribution in [3.05, 3.63) is 70.6 Å². The number of pyridine rings is 1. The highest BCUT2D eigenvalue weighted by Gasteiger charge is 2.27. The van der Waals surface area contributed by atoms with E-state index in [1.807, 2.05) is 24.3 Å². The van der Waals surface area contributed by atoms with E-state index in [4.69, 9.17) is 32.7 Å². The molecule has 0 bridgehead atoms. The molecule has 1 N–H and O–H groups in total. The molecule has 2 aliphatic heterocycles. The lowest BCUT2D eigenvalue weighted by Crippen LogP contribution is -2.47. The number of benzene rings is 2. The van der Waals surface area contributed by atoms with Crippen molar-refractivity contribution in [3.63, 3.8) is 0 Å². The number of hydrogen-bond acceptors (Lipinski definition) is 8. The second-order valence-electron chi connectivity index (χ2n) is 8.61. The summed E-state index contributed by atoms with van der Waals surface area (Å²) in [5.41, 5.74) is 7.34. The first-order valence-electron chi connectivity index (χ1n) is 11.8. The fourth-order valence-electron chi connectivity index (χ4n) is 4.64. The molecule has 1 amide bonds. The molecule has 0 unspecified atom stereocenters. The van der Waals surface area contributed by atoms with E-state index >= 15 is 0 Å². The first kappa shape index (κ1) is 23.7. The van der Waals surface area contributed by atoms with Crippen LogP contribution in [-0.2, 0) is 4.74 Å². The van der Waals surface area contributed by atoms with Crippen LogP contribution in [0.15, 0.2) is 55.0 Å². The Bertz CT molecular complexity index is 1470. The molecule has 2 aliphatic rings. The van der Waals surface area contributed by atoms with Crippen LogP contribution in [0.1, 0.15) is 10.4 Å². The van der Waals surface area contributed by atoms with Gasteiger partial charge in [-0.1, -0.05) is 35.3 Å². The maximum Gasteiger partial charge on any atom is 0.273 e. The first-order valence-corrected chi connectivity index (χ1v) is 12.6. The Hall–Kier alpha value is -3.66. The van der Waals surface area contributed by atoms with Crippen LogP contribution in [0.2, 0.25) is 10.0 Å². The summed E-state index contributed by atoms with van der Waals surface area (Å²) in [6.45, 7) is 3.29. The lowest BCUT2D eigenvalue weighted by atomic mass is 10.1. The molecular formula is C26H22Cl2N6O3.